The normalized spacial score (nSPS) is 19.1. The molecule has 0 aromatic heterocycles. The van der Waals surface area contributed by atoms with Crippen LogP contribution in [0.15, 0.2) is 0 Å². The fourth-order valence-electron chi connectivity index (χ4n) is 7.34. The van der Waals surface area contributed by atoms with E-state index in [2.05, 4.69) is 0 Å². The second-order valence-corrected chi connectivity index (χ2v) is 22.2. The van der Waals surface area contributed by atoms with E-state index >= 15 is 0 Å². The monoisotopic (exact) mass is 1170 g/mol. The summed E-state index contributed by atoms with van der Waals surface area (Å²) in [5.74, 6) is 0. The molecule has 480 valence electrons. The second kappa shape index (κ2) is 46.7. The zero-order chi connectivity index (χ0) is 60.4. The average molecular weight is 1170 g/mol. The van der Waals surface area contributed by atoms with Crippen molar-refractivity contribution in [2.24, 2.45) is 16.2 Å². The SMILES string of the molecule is CCC(O)COCC(COCC(O)CC)(COCC(O)CC)COCC(CC)OC(C)COCC(COCC(C)O)(COCC(C)O)COCC(C)OC(=O)OC(C)COCC(COCC(C)O)(COCC(C)O)COCC(C)O. The van der Waals surface area contributed by atoms with Gasteiger partial charge in [-0.3, -0.25) is 0 Å². The van der Waals surface area contributed by atoms with Gasteiger partial charge < -0.3 is 112 Å². The molecule has 0 aliphatic heterocycles. The van der Waals surface area contributed by atoms with Crippen LogP contribution in [0.1, 0.15) is 109 Å². The van der Waals surface area contributed by atoms with Crippen LogP contribution >= 0.6 is 0 Å². The minimum Gasteiger partial charge on any atom is -0.429 e. The van der Waals surface area contributed by atoms with Crippen molar-refractivity contribution >= 4 is 6.16 Å². The van der Waals surface area contributed by atoms with Crippen molar-refractivity contribution in [1.82, 2.24) is 0 Å². The lowest BCUT2D eigenvalue weighted by molar-refractivity contribution is -0.148. The molecule has 0 amide bonds. The number of ether oxygens (including phenoxy) is 15. The Kier molecular flexibility index (Phi) is 45.8. The van der Waals surface area contributed by atoms with Crippen molar-refractivity contribution in [2.75, 3.05) is 159 Å². The molecule has 24 nitrogen and oxygen atoms in total. The lowest BCUT2D eigenvalue weighted by Crippen LogP contribution is -2.44. The fourth-order valence-corrected chi connectivity index (χ4v) is 7.34. The molecule has 0 fully saturated rings. The van der Waals surface area contributed by atoms with Gasteiger partial charge in [-0.15, -0.1) is 0 Å². The summed E-state index contributed by atoms with van der Waals surface area (Å²) in [6.45, 7) is 22.1. The molecular weight excluding hydrogens is 1060 g/mol. The third kappa shape index (κ3) is 41.4. The van der Waals surface area contributed by atoms with Crippen molar-refractivity contribution in [3.63, 3.8) is 0 Å². The summed E-state index contributed by atoms with van der Waals surface area (Å²) in [6.07, 6.45) is -6.82. The molecule has 24 heteroatoms. The molecule has 0 bridgehead atoms. The average Bonchev–Trinajstić information content (AvgIpc) is 3.37. The molecule has 0 aliphatic rings. The first-order valence-corrected chi connectivity index (χ1v) is 28.8. The van der Waals surface area contributed by atoms with E-state index in [9.17, 15) is 45.6 Å². The van der Waals surface area contributed by atoms with Crippen LogP contribution in [-0.2, 0) is 71.1 Å². The van der Waals surface area contributed by atoms with E-state index in [1.54, 1.807) is 48.5 Å². The van der Waals surface area contributed by atoms with E-state index < -0.39 is 89.5 Å². The highest BCUT2D eigenvalue weighted by atomic mass is 16.7. The van der Waals surface area contributed by atoms with Gasteiger partial charge in [0.1, 0.15) is 12.2 Å². The van der Waals surface area contributed by atoms with Gasteiger partial charge in [0.25, 0.3) is 0 Å². The molecule has 12 unspecified atom stereocenters. The highest BCUT2D eigenvalue weighted by Crippen LogP contribution is 2.25. The van der Waals surface area contributed by atoms with E-state index in [0.717, 1.165) is 0 Å². The molecular formula is C56H112O24. The summed E-state index contributed by atoms with van der Waals surface area (Å²) in [5.41, 5.74) is -2.72. The first-order chi connectivity index (χ1) is 37.9. The van der Waals surface area contributed by atoms with Crippen LogP contribution < -0.4 is 0 Å². The van der Waals surface area contributed by atoms with Crippen LogP contribution in [0.5, 0.6) is 0 Å². The highest BCUT2D eigenvalue weighted by molar-refractivity contribution is 5.60. The maximum Gasteiger partial charge on any atom is 0.508 e. The summed E-state index contributed by atoms with van der Waals surface area (Å²) >= 11 is 0. The molecule has 0 radical (unpaired) electrons. The maximum absolute atomic E-state index is 13.0. The third-order valence-electron chi connectivity index (χ3n) is 11.9. The van der Waals surface area contributed by atoms with Crippen molar-refractivity contribution in [2.45, 2.75) is 182 Å². The predicted octanol–water partition coefficient (Wildman–Crippen LogP) is 2.48. The Hall–Kier alpha value is -1.57. The predicted molar refractivity (Wildman–Crippen MR) is 296 cm³/mol. The molecule has 0 aliphatic carbocycles. The molecule has 0 spiro atoms. The quantitative estimate of drug-likeness (QED) is 0.0406. The molecule has 8 N–H and O–H groups in total. The Balaban J connectivity index is 5.90. The van der Waals surface area contributed by atoms with Gasteiger partial charge in [-0.25, -0.2) is 4.79 Å². The van der Waals surface area contributed by atoms with Gasteiger partial charge in [0.15, 0.2) is 0 Å². The van der Waals surface area contributed by atoms with Crippen molar-refractivity contribution in [1.29, 1.82) is 0 Å². The molecule has 12 atom stereocenters. The Bertz CT molecular complexity index is 1340. The lowest BCUT2D eigenvalue weighted by atomic mass is 9.92. The van der Waals surface area contributed by atoms with E-state index in [0.29, 0.717) is 25.7 Å². The number of hydrogen-bond acceptors (Lipinski definition) is 24. The largest absolute Gasteiger partial charge is 0.508 e. The number of hydrogen-bond donors (Lipinski definition) is 8. The molecule has 0 saturated heterocycles. The van der Waals surface area contributed by atoms with E-state index in [1.165, 1.54) is 0 Å². The van der Waals surface area contributed by atoms with Crippen LogP contribution in [-0.4, -0.2) is 279 Å². The van der Waals surface area contributed by atoms with Gasteiger partial charge in [-0.1, -0.05) is 27.7 Å². The van der Waals surface area contributed by atoms with Crippen molar-refractivity contribution in [3.05, 3.63) is 0 Å². The van der Waals surface area contributed by atoms with Crippen LogP contribution in [0.2, 0.25) is 0 Å². The number of aliphatic hydroxyl groups excluding tert-OH is 8. The summed E-state index contributed by atoms with van der Waals surface area (Å²) in [7, 11) is 0. The van der Waals surface area contributed by atoms with Gasteiger partial charge >= 0.3 is 6.16 Å². The summed E-state index contributed by atoms with van der Waals surface area (Å²) < 4.78 is 89.2. The molecule has 0 rings (SSSR count). The molecule has 80 heavy (non-hydrogen) atoms. The zero-order valence-corrected chi connectivity index (χ0v) is 50.8. The van der Waals surface area contributed by atoms with E-state index in [1.807, 2.05) is 34.6 Å². The first kappa shape index (κ1) is 78.4. The fraction of sp³-hybridized carbons (Fsp3) is 0.982. The standard InChI is InChI=1S/C56H112O24/c1-13-49(62)25-74-37-56(38-75-26-50(63)14-2,39-76-27-51(64)15-3)40-77-28-52(16-4)78-46(10)22-71-35-55(32-69-20-44(8)60,33-70-21-45(9)61)36-73-24-48(12)80-53(65)79-47(11)23-72-34-54(29-66-17-41(5)57,30-67-18-42(6)58)31-68-19-43(7)59/h41-52,57-64H,13-40H2,1-12H3. The van der Waals surface area contributed by atoms with Gasteiger partial charge in [0.2, 0.25) is 0 Å². The second-order valence-electron chi connectivity index (χ2n) is 22.2. The number of rotatable bonds is 56. The minimum atomic E-state index is -0.967. The van der Waals surface area contributed by atoms with Gasteiger partial charge in [0, 0.05) is 0 Å². The Morgan fingerprint density at radius 1 is 0.300 bits per heavy atom. The Morgan fingerprint density at radius 2 is 0.512 bits per heavy atom. The topological polar surface area (TPSA) is 317 Å². The molecule has 0 heterocycles. The molecule has 0 aromatic rings. The number of carbonyl (C=O) groups is 1. The molecule has 0 saturated carbocycles. The third-order valence-corrected chi connectivity index (χ3v) is 11.9. The van der Waals surface area contributed by atoms with Crippen LogP contribution in [0.4, 0.5) is 4.79 Å². The van der Waals surface area contributed by atoms with E-state index in [-0.39, 0.29) is 165 Å². The van der Waals surface area contributed by atoms with Gasteiger partial charge in [-0.2, -0.15) is 0 Å². The highest BCUT2D eigenvalue weighted by Gasteiger charge is 2.37. The zero-order valence-electron chi connectivity index (χ0n) is 50.8. The van der Waals surface area contributed by atoms with E-state index in [4.69, 9.17) is 71.1 Å². The van der Waals surface area contributed by atoms with Crippen molar-refractivity contribution in [3.8, 4) is 0 Å². The number of aliphatic hydroxyl groups is 8. The molecule has 0 aromatic carbocycles. The van der Waals surface area contributed by atoms with Gasteiger partial charge in [-0.05, 0) is 81.1 Å². The van der Waals surface area contributed by atoms with Crippen LogP contribution in [0.25, 0.3) is 0 Å². The Morgan fingerprint density at radius 3 is 0.738 bits per heavy atom. The first-order valence-electron chi connectivity index (χ1n) is 28.8. The van der Waals surface area contributed by atoms with Crippen LogP contribution in [0.3, 0.4) is 0 Å². The summed E-state index contributed by atoms with van der Waals surface area (Å²) in [4.78, 5) is 13.0. The number of carbonyl (C=O) groups excluding carboxylic acids is 1. The maximum atomic E-state index is 13.0. The van der Waals surface area contributed by atoms with Gasteiger partial charge in [0.05, 0.1) is 236 Å². The van der Waals surface area contributed by atoms with Crippen LogP contribution in [0, 0.1) is 16.2 Å². The van der Waals surface area contributed by atoms with Crippen molar-refractivity contribution < 1.29 is 117 Å². The smallest absolute Gasteiger partial charge is 0.429 e. The summed E-state index contributed by atoms with van der Waals surface area (Å²) in [5, 5.41) is 80.2. The Labute approximate surface area is 478 Å². The minimum absolute atomic E-state index is 0.00404. The lowest BCUT2D eigenvalue weighted by Gasteiger charge is -2.35. The summed E-state index contributed by atoms with van der Waals surface area (Å²) in [6, 6.07) is 0.